The van der Waals surface area contributed by atoms with Crippen molar-refractivity contribution in [1.29, 1.82) is 0 Å². The van der Waals surface area contributed by atoms with Crippen molar-refractivity contribution in [3.05, 3.63) is 71.0 Å². The standard InChI is InChI=1S/C21H16F3N5O2/c1-11-17(12(2)29(28-11)14-7-5-6-13(10-14)21(22,23)24)18(30)19(31)27-20-25-15-8-3-4-9-16(15)26-20/h3-10H,1-2H3,(H2,25,26,27,31). The summed E-state index contributed by atoms with van der Waals surface area (Å²) in [5, 5.41) is 6.60. The van der Waals surface area contributed by atoms with Gasteiger partial charge in [0.2, 0.25) is 5.95 Å². The minimum Gasteiger partial charge on any atom is -0.324 e. The highest BCUT2D eigenvalue weighted by Crippen LogP contribution is 2.31. The van der Waals surface area contributed by atoms with Crippen LogP contribution >= 0.6 is 0 Å². The lowest BCUT2D eigenvalue weighted by Gasteiger charge is -2.10. The van der Waals surface area contributed by atoms with Gasteiger partial charge in [-0.05, 0) is 44.2 Å². The van der Waals surface area contributed by atoms with E-state index in [4.69, 9.17) is 0 Å². The zero-order chi connectivity index (χ0) is 22.3. The number of halogens is 3. The predicted molar refractivity (Wildman–Crippen MR) is 107 cm³/mol. The third-order valence-corrected chi connectivity index (χ3v) is 4.76. The zero-order valence-corrected chi connectivity index (χ0v) is 16.4. The number of carbonyl (C=O) groups excluding carboxylic acids is 2. The largest absolute Gasteiger partial charge is 0.416 e. The number of aryl methyl sites for hydroxylation is 1. The van der Waals surface area contributed by atoms with Crippen molar-refractivity contribution in [3.63, 3.8) is 0 Å². The van der Waals surface area contributed by atoms with Crippen molar-refractivity contribution in [2.75, 3.05) is 5.32 Å². The first kappa shape index (κ1) is 20.3. The van der Waals surface area contributed by atoms with E-state index in [0.717, 1.165) is 12.1 Å². The average Bonchev–Trinajstić information content (AvgIpc) is 3.26. The number of H-pyrrole nitrogens is 1. The third kappa shape index (κ3) is 3.79. The number of nitrogens with one attached hydrogen (secondary N) is 2. The summed E-state index contributed by atoms with van der Waals surface area (Å²) >= 11 is 0. The molecular weight excluding hydrogens is 411 g/mol. The molecule has 0 aliphatic carbocycles. The maximum absolute atomic E-state index is 13.0. The Labute approximate surface area is 173 Å². The van der Waals surface area contributed by atoms with E-state index in [2.05, 4.69) is 20.4 Å². The molecule has 2 aromatic carbocycles. The number of hydrogen-bond donors (Lipinski definition) is 2. The van der Waals surface area contributed by atoms with Gasteiger partial charge in [0.05, 0.1) is 39.2 Å². The fourth-order valence-corrected chi connectivity index (χ4v) is 3.33. The van der Waals surface area contributed by atoms with Crippen LogP contribution in [-0.2, 0) is 11.0 Å². The number of alkyl halides is 3. The first-order chi connectivity index (χ1) is 14.6. The number of Topliss-reactive ketones (excluding diaryl/α,β-unsaturated/α-hetero) is 1. The number of nitrogens with zero attached hydrogens (tertiary/aromatic N) is 3. The highest BCUT2D eigenvalue weighted by molar-refractivity contribution is 6.46. The number of aromatic nitrogens is 4. The van der Waals surface area contributed by atoms with E-state index >= 15 is 0 Å². The fraction of sp³-hybridized carbons (Fsp3) is 0.143. The summed E-state index contributed by atoms with van der Waals surface area (Å²) in [4.78, 5) is 32.4. The number of para-hydroxylation sites is 2. The van der Waals surface area contributed by atoms with Crippen LogP contribution in [0.1, 0.15) is 27.3 Å². The maximum Gasteiger partial charge on any atom is 0.416 e. The number of anilines is 1. The monoisotopic (exact) mass is 427 g/mol. The van der Waals surface area contributed by atoms with Crippen LogP contribution in [0.4, 0.5) is 19.1 Å². The Morgan fingerprint density at radius 1 is 1.06 bits per heavy atom. The molecular formula is C21H16F3N5O2. The van der Waals surface area contributed by atoms with Crippen LogP contribution in [-0.4, -0.2) is 31.4 Å². The summed E-state index contributed by atoms with van der Waals surface area (Å²) in [6.45, 7) is 3.03. The molecule has 0 saturated carbocycles. The molecule has 0 unspecified atom stereocenters. The van der Waals surface area contributed by atoms with Crippen LogP contribution in [0.5, 0.6) is 0 Å². The van der Waals surface area contributed by atoms with Crippen molar-refractivity contribution in [1.82, 2.24) is 19.7 Å². The second kappa shape index (κ2) is 7.38. The minimum absolute atomic E-state index is 0.0195. The number of imidazole rings is 1. The first-order valence-electron chi connectivity index (χ1n) is 9.19. The molecule has 2 heterocycles. The van der Waals surface area contributed by atoms with Gasteiger partial charge in [-0.1, -0.05) is 18.2 Å². The van der Waals surface area contributed by atoms with E-state index < -0.39 is 23.4 Å². The summed E-state index contributed by atoms with van der Waals surface area (Å²) in [5.74, 6) is -1.69. The molecule has 0 spiro atoms. The number of hydrogen-bond acceptors (Lipinski definition) is 4. The molecule has 31 heavy (non-hydrogen) atoms. The molecule has 4 aromatic rings. The molecule has 0 bridgehead atoms. The number of amides is 1. The van der Waals surface area contributed by atoms with Crippen LogP contribution in [0.25, 0.3) is 16.7 Å². The molecule has 1 amide bonds. The van der Waals surface area contributed by atoms with E-state index in [1.165, 1.54) is 30.7 Å². The van der Waals surface area contributed by atoms with E-state index in [9.17, 15) is 22.8 Å². The molecule has 10 heteroatoms. The van der Waals surface area contributed by atoms with Crippen molar-refractivity contribution >= 4 is 28.7 Å². The zero-order valence-electron chi connectivity index (χ0n) is 16.4. The van der Waals surface area contributed by atoms with Gasteiger partial charge in [0.15, 0.2) is 0 Å². The van der Waals surface area contributed by atoms with Crippen molar-refractivity contribution in [2.45, 2.75) is 20.0 Å². The second-order valence-electron chi connectivity index (χ2n) is 6.89. The summed E-state index contributed by atoms with van der Waals surface area (Å²) in [7, 11) is 0. The van der Waals surface area contributed by atoms with Gasteiger partial charge in [-0.25, -0.2) is 9.67 Å². The number of rotatable bonds is 4. The summed E-state index contributed by atoms with van der Waals surface area (Å²) < 4.78 is 40.3. The van der Waals surface area contributed by atoms with E-state index in [1.54, 1.807) is 24.3 Å². The molecule has 4 rings (SSSR count). The molecule has 0 saturated heterocycles. The summed E-state index contributed by atoms with van der Waals surface area (Å²) in [5.41, 5.74) is 1.09. The number of carbonyl (C=O) groups is 2. The maximum atomic E-state index is 13.0. The van der Waals surface area contributed by atoms with Crippen LogP contribution < -0.4 is 5.32 Å². The van der Waals surface area contributed by atoms with Gasteiger partial charge in [0, 0.05) is 0 Å². The van der Waals surface area contributed by atoms with Crippen LogP contribution in [0, 0.1) is 13.8 Å². The molecule has 2 N–H and O–H groups in total. The molecule has 7 nitrogen and oxygen atoms in total. The Morgan fingerprint density at radius 3 is 2.52 bits per heavy atom. The van der Waals surface area contributed by atoms with Crippen LogP contribution in [0.15, 0.2) is 48.5 Å². The second-order valence-corrected chi connectivity index (χ2v) is 6.89. The molecule has 0 radical (unpaired) electrons. The topological polar surface area (TPSA) is 92.7 Å². The van der Waals surface area contributed by atoms with Crippen LogP contribution in [0.3, 0.4) is 0 Å². The Bertz CT molecular complexity index is 1290. The highest BCUT2D eigenvalue weighted by Gasteiger charge is 2.31. The Balaban J connectivity index is 1.63. The lowest BCUT2D eigenvalue weighted by atomic mass is 10.1. The van der Waals surface area contributed by atoms with E-state index in [0.29, 0.717) is 11.0 Å². The normalized spacial score (nSPS) is 11.6. The number of fused-ring (bicyclic) bond motifs is 1. The van der Waals surface area contributed by atoms with Crippen molar-refractivity contribution < 1.29 is 22.8 Å². The lowest BCUT2D eigenvalue weighted by molar-refractivity contribution is -0.137. The molecule has 158 valence electrons. The van der Waals surface area contributed by atoms with Crippen molar-refractivity contribution in [2.24, 2.45) is 0 Å². The van der Waals surface area contributed by atoms with Gasteiger partial charge >= 0.3 is 6.18 Å². The van der Waals surface area contributed by atoms with E-state index in [1.807, 2.05) is 0 Å². The molecule has 0 atom stereocenters. The molecule has 0 aliphatic heterocycles. The third-order valence-electron chi connectivity index (χ3n) is 4.76. The fourth-order valence-electron chi connectivity index (χ4n) is 3.33. The SMILES string of the molecule is Cc1nn(-c2cccc(C(F)(F)F)c2)c(C)c1C(=O)C(=O)Nc1nc2ccccc2[nH]1. The molecule has 0 fully saturated rings. The van der Waals surface area contributed by atoms with Gasteiger partial charge < -0.3 is 4.98 Å². The Morgan fingerprint density at radius 2 is 1.81 bits per heavy atom. The van der Waals surface area contributed by atoms with Gasteiger partial charge in [0.25, 0.3) is 11.7 Å². The lowest BCUT2D eigenvalue weighted by Crippen LogP contribution is -2.24. The Hall–Kier alpha value is -3.95. The van der Waals surface area contributed by atoms with Gasteiger partial charge in [-0.3, -0.25) is 14.9 Å². The first-order valence-corrected chi connectivity index (χ1v) is 9.19. The Kier molecular flexibility index (Phi) is 4.84. The summed E-state index contributed by atoms with van der Waals surface area (Å²) in [6, 6.07) is 11.7. The quantitative estimate of drug-likeness (QED) is 0.377. The van der Waals surface area contributed by atoms with Gasteiger partial charge in [-0.15, -0.1) is 0 Å². The highest BCUT2D eigenvalue weighted by atomic mass is 19.4. The van der Waals surface area contributed by atoms with Gasteiger partial charge in [-0.2, -0.15) is 18.3 Å². The summed E-state index contributed by atoms with van der Waals surface area (Å²) in [6.07, 6.45) is -4.52. The molecule has 0 aliphatic rings. The van der Waals surface area contributed by atoms with Crippen LogP contribution in [0.2, 0.25) is 0 Å². The van der Waals surface area contributed by atoms with Gasteiger partial charge in [0.1, 0.15) is 0 Å². The average molecular weight is 427 g/mol. The predicted octanol–water partition coefficient (Wildman–Crippen LogP) is 4.21. The van der Waals surface area contributed by atoms with E-state index in [-0.39, 0.29) is 28.6 Å². The number of aromatic amines is 1. The minimum atomic E-state index is -4.52. The van der Waals surface area contributed by atoms with Crippen molar-refractivity contribution in [3.8, 4) is 5.69 Å². The number of benzene rings is 2. The smallest absolute Gasteiger partial charge is 0.324 e. The molecule has 2 aromatic heterocycles. The number of ketones is 1.